The molecule has 2 amide bonds. The van der Waals surface area contributed by atoms with Crippen LogP contribution in [0.2, 0.25) is 0 Å². The van der Waals surface area contributed by atoms with E-state index in [1.807, 2.05) is 18.2 Å². The molecule has 172 valence electrons. The molecule has 1 N–H and O–H groups in total. The van der Waals surface area contributed by atoms with Crippen LogP contribution in [0, 0.1) is 5.82 Å². The van der Waals surface area contributed by atoms with Gasteiger partial charge in [-0.1, -0.05) is 49.2 Å². The fourth-order valence-electron chi connectivity index (χ4n) is 4.34. The standard InChI is InChI=1S/C26H27FN2O4/c1-32-22-14-7-2-9-18(22)17-29(26(31)23-15-8-16-33-23)24(20-12-5-6-13-21(20)27)25(30)28-19-10-3-4-11-19/h2,5-9,12-16,19,24H,3-4,10-11,17H2,1H3,(H,28,30). The Labute approximate surface area is 192 Å². The molecule has 1 fully saturated rings. The Morgan fingerprint density at radius 2 is 1.82 bits per heavy atom. The van der Waals surface area contributed by atoms with E-state index in [0.29, 0.717) is 11.3 Å². The normalized spacial score (nSPS) is 14.6. The number of hydrogen-bond acceptors (Lipinski definition) is 4. The number of carbonyl (C=O) groups is 2. The van der Waals surface area contributed by atoms with Gasteiger partial charge in [-0.3, -0.25) is 9.59 Å². The number of hydrogen-bond donors (Lipinski definition) is 1. The number of nitrogens with zero attached hydrogens (tertiary/aromatic N) is 1. The van der Waals surface area contributed by atoms with Crippen molar-refractivity contribution < 1.29 is 23.1 Å². The Balaban J connectivity index is 1.78. The van der Waals surface area contributed by atoms with Crippen LogP contribution in [0.1, 0.15) is 53.4 Å². The summed E-state index contributed by atoms with van der Waals surface area (Å²) in [5, 5.41) is 3.04. The van der Waals surface area contributed by atoms with Gasteiger partial charge in [-0.2, -0.15) is 0 Å². The summed E-state index contributed by atoms with van der Waals surface area (Å²) in [6.07, 6.45) is 5.20. The summed E-state index contributed by atoms with van der Waals surface area (Å²) >= 11 is 0. The van der Waals surface area contributed by atoms with Crippen LogP contribution < -0.4 is 10.1 Å². The third-order valence-electron chi connectivity index (χ3n) is 5.99. The number of rotatable bonds is 8. The highest BCUT2D eigenvalue weighted by molar-refractivity contribution is 5.96. The number of halogens is 1. The van der Waals surface area contributed by atoms with E-state index in [2.05, 4.69) is 5.32 Å². The molecule has 1 aliphatic rings. The molecule has 6 nitrogen and oxygen atoms in total. The molecule has 2 aromatic carbocycles. The first-order valence-corrected chi connectivity index (χ1v) is 11.1. The van der Waals surface area contributed by atoms with Crippen LogP contribution in [0.4, 0.5) is 4.39 Å². The van der Waals surface area contributed by atoms with Crippen molar-refractivity contribution in [2.75, 3.05) is 7.11 Å². The Morgan fingerprint density at radius 1 is 1.09 bits per heavy atom. The van der Waals surface area contributed by atoms with Gasteiger partial charge in [0.05, 0.1) is 19.9 Å². The maximum Gasteiger partial charge on any atom is 0.290 e. The number of nitrogens with one attached hydrogen (secondary N) is 1. The third kappa shape index (κ3) is 5.08. The van der Waals surface area contributed by atoms with Gasteiger partial charge in [-0.15, -0.1) is 0 Å². The zero-order valence-electron chi connectivity index (χ0n) is 18.5. The minimum Gasteiger partial charge on any atom is -0.496 e. The first kappa shape index (κ1) is 22.6. The van der Waals surface area contributed by atoms with Crippen molar-refractivity contribution in [3.8, 4) is 5.75 Å². The van der Waals surface area contributed by atoms with E-state index in [0.717, 1.165) is 25.7 Å². The second kappa shape index (κ2) is 10.3. The maximum atomic E-state index is 15.0. The molecule has 1 atom stereocenters. The predicted octanol–water partition coefficient (Wildman–Crippen LogP) is 4.87. The number of furan rings is 1. The summed E-state index contributed by atoms with van der Waals surface area (Å²) in [6.45, 7) is 0.0284. The average Bonchev–Trinajstić information content (AvgIpc) is 3.54. The molecule has 3 aromatic rings. The van der Waals surface area contributed by atoms with E-state index in [4.69, 9.17) is 9.15 Å². The Morgan fingerprint density at radius 3 is 2.52 bits per heavy atom. The molecule has 7 heteroatoms. The van der Waals surface area contributed by atoms with E-state index < -0.39 is 23.7 Å². The van der Waals surface area contributed by atoms with Gasteiger partial charge in [0.25, 0.3) is 5.91 Å². The molecule has 0 radical (unpaired) electrons. The number of benzene rings is 2. The van der Waals surface area contributed by atoms with E-state index in [9.17, 15) is 14.0 Å². The highest BCUT2D eigenvalue weighted by Gasteiger charge is 2.36. The van der Waals surface area contributed by atoms with Crippen molar-refractivity contribution in [2.45, 2.75) is 44.3 Å². The fraction of sp³-hybridized carbons (Fsp3) is 0.308. The first-order valence-electron chi connectivity index (χ1n) is 11.1. The van der Waals surface area contributed by atoms with E-state index in [-0.39, 0.29) is 23.9 Å². The van der Waals surface area contributed by atoms with Crippen LogP contribution in [-0.4, -0.2) is 29.9 Å². The number of ether oxygens (including phenoxy) is 1. The second-order valence-electron chi connectivity index (χ2n) is 8.14. The quantitative estimate of drug-likeness (QED) is 0.532. The molecule has 0 aliphatic heterocycles. The lowest BCUT2D eigenvalue weighted by Crippen LogP contribution is -2.46. The molecule has 0 bridgehead atoms. The van der Waals surface area contributed by atoms with Gasteiger partial charge in [0.2, 0.25) is 5.91 Å². The Kier molecular flexibility index (Phi) is 7.07. The van der Waals surface area contributed by atoms with Crippen LogP contribution in [0.15, 0.2) is 71.3 Å². The summed E-state index contributed by atoms with van der Waals surface area (Å²) in [4.78, 5) is 28.5. The number of methoxy groups -OCH3 is 1. The van der Waals surface area contributed by atoms with E-state index in [1.165, 1.54) is 23.3 Å². The SMILES string of the molecule is COc1ccccc1CN(C(=O)c1ccco1)C(C(=O)NC1CCCC1)c1ccccc1F. The minimum absolute atomic E-state index is 0.0126. The molecule has 33 heavy (non-hydrogen) atoms. The molecule has 1 unspecified atom stereocenters. The predicted molar refractivity (Wildman–Crippen MR) is 121 cm³/mol. The summed E-state index contributed by atoms with van der Waals surface area (Å²) in [6, 6.07) is 15.3. The van der Waals surface area contributed by atoms with Gasteiger partial charge in [0.15, 0.2) is 5.76 Å². The highest BCUT2D eigenvalue weighted by Crippen LogP contribution is 2.31. The van der Waals surface area contributed by atoms with Crippen LogP contribution in [0.5, 0.6) is 5.75 Å². The van der Waals surface area contributed by atoms with Crippen molar-refractivity contribution in [2.24, 2.45) is 0 Å². The van der Waals surface area contributed by atoms with Crippen molar-refractivity contribution in [3.63, 3.8) is 0 Å². The van der Waals surface area contributed by atoms with Crippen LogP contribution >= 0.6 is 0 Å². The van der Waals surface area contributed by atoms with E-state index >= 15 is 0 Å². The monoisotopic (exact) mass is 450 g/mol. The summed E-state index contributed by atoms with van der Waals surface area (Å²) in [5.74, 6) is -0.845. The Hall–Kier alpha value is -3.61. The van der Waals surface area contributed by atoms with Gasteiger partial charge in [0.1, 0.15) is 17.6 Å². The molecule has 0 saturated heterocycles. The molecular weight excluding hydrogens is 423 g/mol. The zero-order valence-corrected chi connectivity index (χ0v) is 18.5. The number of para-hydroxylation sites is 1. The molecule has 1 heterocycles. The average molecular weight is 451 g/mol. The highest BCUT2D eigenvalue weighted by atomic mass is 19.1. The molecule has 1 aromatic heterocycles. The van der Waals surface area contributed by atoms with Crippen molar-refractivity contribution in [1.29, 1.82) is 0 Å². The largest absolute Gasteiger partial charge is 0.496 e. The van der Waals surface area contributed by atoms with Crippen LogP contribution in [0.3, 0.4) is 0 Å². The smallest absolute Gasteiger partial charge is 0.290 e. The lowest BCUT2D eigenvalue weighted by molar-refractivity contribution is -0.127. The lowest BCUT2D eigenvalue weighted by Gasteiger charge is -2.32. The first-order chi connectivity index (χ1) is 16.1. The zero-order chi connectivity index (χ0) is 23.2. The van der Waals surface area contributed by atoms with Gasteiger partial charge < -0.3 is 19.4 Å². The molecular formula is C26H27FN2O4. The summed E-state index contributed by atoms with van der Waals surface area (Å²) in [7, 11) is 1.54. The van der Waals surface area contributed by atoms with Gasteiger partial charge >= 0.3 is 0 Å². The third-order valence-corrected chi connectivity index (χ3v) is 5.99. The van der Waals surface area contributed by atoms with Gasteiger partial charge in [-0.25, -0.2) is 4.39 Å². The van der Waals surface area contributed by atoms with Gasteiger partial charge in [-0.05, 0) is 37.1 Å². The maximum absolute atomic E-state index is 15.0. The van der Waals surface area contributed by atoms with Crippen molar-refractivity contribution >= 4 is 11.8 Å². The molecule has 4 rings (SSSR count). The topological polar surface area (TPSA) is 71.8 Å². The second-order valence-corrected chi connectivity index (χ2v) is 8.14. The molecule has 1 aliphatic carbocycles. The number of carbonyl (C=O) groups excluding carboxylic acids is 2. The van der Waals surface area contributed by atoms with Crippen molar-refractivity contribution in [1.82, 2.24) is 10.2 Å². The van der Waals surface area contributed by atoms with Crippen molar-refractivity contribution in [3.05, 3.63) is 89.6 Å². The molecule has 1 saturated carbocycles. The minimum atomic E-state index is -1.19. The fourth-order valence-corrected chi connectivity index (χ4v) is 4.34. The number of amides is 2. The summed E-state index contributed by atoms with van der Waals surface area (Å²) in [5.41, 5.74) is 0.817. The van der Waals surface area contributed by atoms with Crippen LogP contribution in [0.25, 0.3) is 0 Å². The van der Waals surface area contributed by atoms with Crippen LogP contribution in [-0.2, 0) is 11.3 Å². The Bertz CT molecular complexity index is 1090. The summed E-state index contributed by atoms with van der Waals surface area (Å²) < 4.78 is 25.8. The molecule has 0 spiro atoms. The van der Waals surface area contributed by atoms with Gasteiger partial charge in [0, 0.05) is 17.2 Å². The lowest BCUT2D eigenvalue weighted by atomic mass is 10.0. The van der Waals surface area contributed by atoms with E-state index in [1.54, 1.807) is 37.4 Å².